The maximum atomic E-state index is 3.42. The SMILES string of the molecule is CCCN(C1CCCN(CC)CC1)C1CNC1. The van der Waals surface area contributed by atoms with Crippen LogP contribution in [0, 0.1) is 0 Å². The second kappa shape index (κ2) is 6.72. The Morgan fingerprint density at radius 1 is 1.12 bits per heavy atom. The first kappa shape index (κ1) is 13.3. The molecule has 2 heterocycles. The highest BCUT2D eigenvalue weighted by atomic mass is 15.3. The van der Waals surface area contributed by atoms with Gasteiger partial charge in [0.2, 0.25) is 0 Å². The molecular weight excluding hydrogens is 210 g/mol. The quantitative estimate of drug-likeness (QED) is 0.785. The van der Waals surface area contributed by atoms with Gasteiger partial charge in [0, 0.05) is 25.2 Å². The van der Waals surface area contributed by atoms with Crippen LogP contribution in [0.2, 0.25) is 0 Å². The molecule has 0 radical (unpaired) electrons. The maximum Gasteiger partial charge on any atom is 0.0348 e. The highest BCUT2D eigenvalue weighted by Gasteiger charge is 2.30. The fraction of sp³-hybridized carbons (Fsp3) is 1.00. The van der Waals surface area contributed by atoms with Gasteiger partial charge in [-0.1, -0.05) is 13.8 Å². The lowest BCUT2D eigenvalue weighted by Gasteiger charge is -2.43. The lowest BCUT2D eigenvalue weighted by Crippen LogP contribution is -2.60. The molecule has 17 heavy (non-hydrogen) atoms. The van der Waals surface area contributed by atoms with Crippen molar-refractivity contribution in [2.24, 2.45) is 0 Å². The monoisotopic (exact) mass is 239 g/mol. The van der Waals surface area contributed by atoms with E-state index in [1.165, 1.54) is 65.0 Å². The van der Waals surface area contributed by atoms with E-state index in [0.29, 0.717) is 0 Å². The molecule has 2 aliphatic heterocycles. The molecule has 0 aromatic heterocycles. The summed E-state index contributed by atoms with van der Waals surface area (Å²) in [6, 6.07) is 1.67. The summed E-state index contributed by atoms with van der Waals surface area (Å²) in [5, 5.41) is 3.42. The zero-order chi connectivity index (χ0) is 12.1. The van der Waals surface area contributed by atoms with Gasteiger partial charge in [0.15, 0.2) is 0 Å². The molecule has 0 aromatic rings. The second-order valence-corrected chi connectivity index (χ2v) is 5.57. The average Bonchev–Trinajstić information content (AvgIpc) is 2.51. The highest BCUT2D eigenvalue weighted by molar-refractivity contribution is 4.89. The van der Waals surface area contributed by atoms with Crippen LogP contribution >= 0.6 is 0 Å². The first-order valence-electron chi connectivity index (χ1n) is 7.54. The number of nitrogens with zero attached hydrogens (tertiary/aromatic N) is 2. The molecule has 0 saturated carbocycles. The summed E-state index contributed by atoms with van der Waals surface area (Å²) >= 11 is 0. The van der Waals surface area contributed by atoms with Crippen LogP contribution in [0.4, 0.5) is 0 Å². The third-order valence-corrected chi connectivity index (χ3v) is 4.42. The predicted molar refractivity (Wildman–Crippen MR) is 73.4 cm³/mol. The van der Waals surface area contributed by atoms with E-state index < -0.39 is 0 Å². The number of rotatable bonds is 5. The zero-order valence-electron chi connectivity index (χ0n) is 11.6. The molecule has 3 heteroatoms. The molecule has 1 unspecified atom stereocenters. The van der Waals surface area contributed by atoms with E-state index in [9.17, 15) is 0 Å². The molecule has 0 aromatic carbocycles. The summed E-state index contributed by atoms with van der Waals surface area (Å²) < 4.78 is 0. The van der Waals surface area contributed by atoms with Crippen LogP contribution in [-0.4, -0.2) is 61.2 Å². The molecule has 2 rings (SSSR count). The van der Waals surface area contributed by atoms with Gasteiger partial charge in [-0.05, 0) is 51.9 Å². The molecule has 0 amide bonds. The van der Waals surface area contributed by atoms with E-state index in [2.05, 4.69) is 29.0 Å². The largest absolute Gasteiger partial charge is 0.314 e. The van der Waals surface area contributed by atoms with E-state index in [1.54, 1.807) is 0 Å². The van der Waals surface area contributed by atoms with Gasteiger partial charge >= 0.3 is 0 Å². The Morgan fingerprint density at radius 3 is 2.53 bits per heavy atom. The van der Waals surface area contributed by atoms with Crippen LogP contribution < -0.4 is 5.32 Å². The van der Waals surface area contributed by atoms with Crippen LogP contribution in [0.5, 0.6) is 0 Å². The van der Waals surface area contributed by atoms with Gasteiger partial charge in [0.05, 0.1) is 0 Å². The number of hydrogen-bond acceptors (Lipinski definition) is 3. The van der Waals surface area contributed by atoms with E-state index in [1.807, 2.05) is 0 Å². The Bertz CT molecular complexity index is 216. The lowest BCUT2D eigenvalue weighted by atomic mass is 10.0. The Labute approximate surface area is 107 Å². The highest BCUT2D eigenvalue weighted by Crippen LogP contribution is 2.21. The van der Waals surface area contributed by atoms with Crippen molar-refractivity contribution in [1.29, 1.82) is 0 Å². The Kier molecular flexibility index (Phi) is 5.26. The Morgan fingerprint density at radius 2 is 1.94 bits per heavy atom. The first-order valence-corrected chi connectivity index (χ1v) is 7.54. The maximum absolute atomic E-state index is 3.42. The van der Waals surface area contributed by atoms with Crippen molar-refractivity contribution in [2.75, 3.05) is 39.3 Å². The van der Waals surface area contributed by atoms with E-state index in [0.717, 1.165) is 12.1 Å². The minimum atomic E-state index is 0.827. The minimum absolute atomic E-state index is 0.827. The average molecular weight is 239 g/mol. The van der Waals surface area contributed by atoms with Crippen molar-refractivity contribution >= 4 is 0 Å². The predicted octanol–water partition coefficient (Wildman–Crippen LogP) is 1.54. The molecule has 1 atom stereocenters. The van der Waals surface area contributed by atoms with Crippen LogP contribution in [0.1, 0.15) is 39.5 Å². The number of hydrogen-bond donors (Lipinski definition) is 1. The summed E-state index contributed by atoms with van der Waals surface area (Å²) in [5.41, 5.74) is 0. The molecule has 100 valence electrons. The van der Waals surface area contributed by atoms with Crippen LogP contribution in [0.3, 0.4) is 0 Å². The molecule has 2 fully saturated rings. The molecular formula is C14H29N3. The van der Waals surface area contributed by atoms with Crippen molar-refractivity contribution in [1.82, 2.24) is 15.1 Å². The molecule has 0 spiro atoms. The zero-order valence-corrected chi connectivity index (χ0v) is 11.6. The number of nitrogens with one attached hydrogen (secondary N) is 1. The van der Waals surface area contributed by atoms with E-state index in [-0.39, 0.29) is 0 Å². The van der Waals surface area contributed by atoms with Gasteiger partial charge in [0.1, 0.15) is 0 Å². The fourth-order valence-corrected chi connectivity index (χ4v) is 3.22. The van der Waals surface area contributed by atoms with Gasteiger partial charge < -0.3 is 10.2 Å². The third-order valence-electron chi connectivity index (χ3n) is 4.42. The summed E-state index contributed by atoms with van der Waals surface area (Å²) in [5.74, 6) is 0. The van der Waals surface area contributed by atoms with Crippen molar-refractivity contribution in [3.63, 3.8) is 0 Å². The normalized spacial score (nSPS) is 28.1. The van der Waals surface area contributed by atoms with Crippen LogP contribution in [0.25, 0.3) is 0 Å². The van der Waals surface area contributed by atoms with E-state index >= 15 is 0 Å². The van der Waals surface area contributed by atoms with Gasteiger partial charge in [-0.15, -0.1) is 0 Å². The van der Waals surface area contributed by atoms with Crippen LogP contribution in [-0.2, 0) is 0 Å². The third kappa shape index (κ3) is 3.43. The topological polar surface area (TPSA) is 18.5 Å². The molecule has 1 N–H and O–H groups in total. The Balaban J connectivity index is 1.88. The van der Waals surface area contributed by atoms with Gasteiger partial charge in [-0.25, -0.2) is 0 Å². The minimum Gasteiger partial charge on any atom is -0.314 e. The van der Waals surface area contributed by atoms with Gasteiger partial charge in [0.25, 0.3) is 0 Å². The summed E-state index contributed by atoms with van der Waals surface area (Å²) in [6.07, 6.45) is 5.47. The lowest BCUT2D eigenvalue weighted by molar-refractivity contribution is 0.0856. The van der Waals surface area contributed by atoms with Crippen molar-refractivity contribution in [3.05, 3.63) is 0 Å². The summed E-state index contributed by atoms with van der Waals surface area (Å²) in [4.78, 5) is 5.42. The molecule has 2 saturated heterocycles. The molecule has 0 aliphatic carbocycles. The van der Waals surface area contributed by atoms with Crippen molar-refractivity contribution in [3.8, 4) is 0 Å². The Hall–Kier alpha value is -0.120. The first-order chi connectivity index (χ1) is 8.35. The number of likely N-dealkylation sites (tertiary alicyclic amines) is 1. The molecule has 2 aliphatic rings. The van der Waals surface area contributed by atoms with Crippen LogP contribution in [0.15, 0.2) is 0 Å². The van der Waals surface area contributed by atoms with Gasteiger partial charge in [-0.2, -0.15) is 0 Å². The standard InChI is InChI=1S/C14H29N3/c1-3-8-17(14-11-15-12-14)13-6-5-9-16(4-2)10-7-13/h13-15H,3-12H2,1-2H3. The van der Waals surface area contributed by atoms with Crippen molar-refractivity contribution < 1.29 is 0 Å². The fourth-order valence-electron chi connectivity index (χ4n) is 3.22. The molecule has 3 nitrogen and oxygen atoms in total. The smallest absolute Gasteiger partial charge is 0.0348 e. The second-order valence-electron chi connectivity index (χ2n) is 5.57. The van der Waals surface area contributed by atoms with Gasteiger partial charge in [-0.3, -0.25) is 4.90 Å². The summed E-state index contributed by atoms with van der Waals surface area (Å²) in [7, 11) is 0. The molecule has 0 bridgehead atoms. The van der Waals surface area contributed by atoms with Crippen molar-refractivity contribution in [2.45, 2.75) is 51.6 Å². The van der Waals surface area contributed by atoms with E-state index in [4.69, 9.17) is 0 Å². The summed E-state index contributed by atoms with van der Waals surface area (Å²) in [6.45, 7) is 12.2.